The first-order chi connectivity index (χ1) is 13.5. The molecule has 0 unspecified atom stereocenters. The van der Waals surface area contributed by atoms with Crippen LogP contribution >= 0.6 is 0 Å². The number of aromatic nitrogens is 3. The molecule has 2 aromatic carbocycles. The number of hydrogen-bond donors (Lipinski definition) is 1. The van der Waals surface area contributed by atoms with Gasteiger partial charge in [-0.3, -0.25) is 4.79 Å². The Balaban J connectivity index is 1.75. The minimum atomic E-state index is -0.150. The minimum Gasteiger partial charge on any atom is -0.322 e. The molecule has 0 fully saturated rings. The van der Waals surface area contributed by atoms with E-state index in [0.717, 1.165) is 39.2 Å². The van der Waals surface area contributed by atoms with E-state index in [4.69, 9.17) is 0 Å². The predicted molar refractivity (Wildman–Crippen MR) is 112 cm³/mol. The van der Waals surface area contributed by atoms with Crippen molar-refractivity contribution in [3.8, 4) is 0 Å². The number of benzene rings is 2. The summed E-state index contributed by atoms with van der Waals surface area (Å²) in [6.07, 6.45) is 0. The lowest BCUT2D eigenvalue weighted by atomic mass is 10.1. The van der Waals surface area contributed by atoms with Gasteiger partial charge in [0.05, 0.1) is 23.2 Å². The minimum absolute atomic E-state index is 0.150. The van der Waals surface area contributed by atoms with Gasteiger partial charge in [-0.1, -0.05) is 42.5 Å². The molecule has 0 radical (unpaired) electrons. The Labute approximate surface area is 164 Å². The van der Waals surface area contributed by atoms with Crippen LogP contribution < -0.4 is 5.32 Å². The van der Waals surface area contributed by atoms with Crippen molar-refractivity contribution in [3.05, 3.63) is 88.7 Å². The highest BCUT2D eigenvalue weighted by Gasteiger charge is 2.19. The average molecular weight is 370 g/mol. The van der Waals surface area contributed by atoms with Crippen LogP contribution in [0.15, 0.2) is 60.7 Å². The molecular formula is C23H22N4O. The summed E-state index contributed by atoms with van der Waals surface area (Å²) in [5.74, 6) is -0.150. The van der Waals surface area contributed by atoms with E-state index < -0.39 is 0 Å². The number of nitrogens with one attached hydrogen (secondary N) is 1. The van der Waals surface area contributed by atoms with Crippen molar-refractivity contribution in [2.45, 2.75) is 27.3 Å². The third kappa shape index (κ3) is 3.51. The van der Waals surface area contributed by atoms with Crippen molar-refractivity contribution >= 4 is 22.6 Å². The average Bonchev–Trinajstić information content (AvgIpc) is 2.97. The number of fused-ring (bicyclic) bond motifs is 1. The van der Waals surface area contributed by atoms with Gasteiger partial charge in [-0.15, -0.1) is 0 Å². The van der Waals surface area contributed by atoms with E-state index in [1.165, 1.54) is 0 Å². The van der Waals surface area contributed by atoms with Crippen LogP contribution in [-0.2, 0) is 6.54 Å². The molecule has 0 spiro atoms. The molecule has 0 aliphatic carbocycles. The molecule has 4 aromatic rings. The molecule has 5 nitrogen and oxygen atoms in total. The standard InChI is InChI=1S/C23H22N4O/c1-15-8-7-11-19(12-15)25-23(28)20-13-16(2)24-22-21(20)17(3)26-27(22)14-18-9-5-4-6-10-18/h4-13H,14H2,1-3H3,(H,25,28). The summed E-state index contributed by atoms with van der Waals surface area (Å²) in [5.41, 5.74) is 5.93. The highest BCUT2D eigenvalue weighted by atomic mass is 16.1. The molecule has 4 rings (SSSR count). The zero-order chi connectivity index (χ0) is 19.7. The summed E-state index contributed by atoms with van der Waals surface area (Å²) in [4.78, 5) is 17.7. The lowest BCUT2D eigenvalue weighted by molar-refractivity contribution is 0.102. The van der Waals surface area contributed by atoms with Crippen molar-refractivity contribution in [1.29, 1.82) is 0 Å². The first-order valence-electron chi connectivity index (χ1n) is 9.28. The fourth-order valence-electron chi connectivity index (χ4n) is 3.45. The Morgan fingerprint density at radius 1 is 1.00 bits per heavy atom. The molecule has 0 bridgehead atoms. The molecular weight excluding hydrogens is 348 g/mol. The topological polar surface area (TPSA) is 59.8 Å². The van der Waals surface area contributed by atoms with E-state index in [1.807, 2.05) is 74.0 Å². The van der Waals surface area contributed by atoms with Crippen LogP contribution in [0.2, 0.25) is 0 Å². The maximum absolute atomic E-state index is 13.0. The van der Waals surface area contributed by atoms with Crippen molar-refractivity contribution < 1.29 is 4.79 Å². The number of rotatable bonds is 4. The zero-order valence-corrected chi connectivity index (χ0v) is 16.2. The molecule has 2 aromatic heterocycles. The monoisotopic (exact) mass is 370 g/mol. The van der Waals surface area contributed by atoms with E-state index in [2.05, 4.69) is 27.5 Å². The van der Waals surface area contributed by atoms with Gasteiger partial charge < -0.3 is 5.32 Å². The number of nitrogens with zero attached hydrogens (tertiary/aromatic N) is 3. The maximum atomic E-state index is 13.0. The summed E-state index contributed by atoms with van der Waals surface area (Å²) in [6.45, 7) is 6.44. The number of carbonyl (C=O) groups excluding carboxylic acids is 1. The molecule has 0 saturated heterocycles. The van der Waals surface area contributed by atoms with Crippen molar-refractivity contribution in [3.63, 3.8) is 0 Å². The van der Waals surface area contributed by atoms with Crippen LogP contribution in [0.4, 0.5) is 5.69 Å². The van der Waals surface area contributed by atoms with Gasteiger partial charge in [0.2, 0.25) is 0 Å². The van der Waals surface area contributed by atoms with E-state index in [1.54, 1.807) is 0 Å². The normalized spacial score (nSPS) is 11.0. The lowest BCUT2D eigenvalue weighted by Crippen LogP contribution is -2.13. The zero-order valence-electron chi connectivity index (χ0n) is 16.2. The van der Waals surface area contributed by atoms with Crippen LogP contribution in [0.3, 0.4) is 0 Å². The van der Waals surface area contributed by atoms with E-state index in [-0.39, 0.29) is 5.91 Å². The Bertz CT molecular complexity index is 1160. The lowest BCUT2D eigenvalue weighted by Gasteiger charge is -2.09. The Morgan fingerprint density at radius 3 is 2.54 bits per heavy atom. The smallest absolute Gasteiger partial charge is 0.256 e. The van der Waals surface area contributed by atoms with E-state index >= 15 is 0 Å². The number of anilines is 1. The van der Waals surface area contributed by atoms with Gasteiger partial charge >= 0.3 is 0 Å². The third-order valence-corrected chi connectivity index (χ3v) is 4.70. The van der Waals surface area contributed by atoms with Crippen LogP contribution in [-0.4, -0.2) is 20.7 Å². The Morgan fingerprint density at radius 2 is 1.79 bits per heavy atom. The second kappa shape index (κ2) is 7.27. The van der Waals surface area contributed by atoms with Crippen LogP contribution in [0.25, 0.3) is 11.0 Å². The number of hydrogen-bond acceptors (Lipinski definition) is 3. The summed E-state index contributed by atoms with van der Waals surface area (Å²) in [5, 5.41) is 8.46. The molecule has 28 heavy (non-hydrogen) atoms. The second-order valence-electron chi connectivity index (χ2n) is 7.06. The highest BCUT2D eigenvalue weighted by Crippen LogP contribution is 2.24. The van der Waals surface area contributed by atoms with Gasteiger partial charge in [0.15, 0.2) is 5.65 Å². The largest absolute Gasteiger partial charge is 0.322 e. The molecule has 0 aliphatic heterocycles. The quantitative estimate of drug-likeness (QED) is 0.568. The molecule has 1 N–H and O–H groups in total. The number of amides is 1. The van der Waals surface area contributed by atoms with E-state index in [9.17, 15) is 4.79 Å². The molecule has 0 aliphatic rings. The van der Waals surface area contributed by atoms with Crippen LogP contribution in [0.5, 0.6) is 0 Å². The summed E-state index contributed by atoms with van der Waals surface area (Å²) in [6, 6.07) is 19.7. The van der Waals surface area contributed by atoms with Gasteiger partial charge in [-0.05, 0) is 50.1 Å². The van der Waals surface area contributed by atoms with Gasteiger partial charge in [-0.25, -0.2) is 9.67 Å². The molecule has 0 atom stereocenters. The van der Waals surface area contributed by atoms with Gasteiger partial charge in [0.1, 0.15) is 0 Å². The Kier molecular flexibility index (Phi) is 4.65. The molecule has 1 amide bonds. The van der Waals surface area contributed by atoms with Gasteiger partial charge in [-0.2, -0.15) is 5.10 Å². The number of carbonyl (C=O) groups is 1. The summed E-state index contributed by atoms with van der Waals surface area (Å²) < 4.78 is 1.87. The fourth-order valence-corrected chi connectivity index (χ4v) is 3.45. The summed E-state index contributed by atoms with van der Waals surface area (Å²) >= 11 is 0. The van der Waals surface area contributed by atoms with E-state index in [0.29, 0.717) is 12.1 Å². The first-order valence-corrected chi connectivity index (χ1v) is 9.28. The molecule has 140 valence electrons. The van der Waals surface area contributed by atoms with Crippen molar-refractivity contribution in [2.75, 3.05) is 5.32 Å². The predicted octanol–water partition coefficient (Wildman–Crippen LogP) is 4.66. The maximum Gasteiger partial charge on any atom is 0.256 e. The van der Waals surface area contributed by atoms with Gasteiger partial charge in [0.25, 0.3) is 5.91 Å². The van der Waals surface area contributed by atoms with Crippen molar-refractivity contribution in [2.24, 2.45) is 0 Å². The van der Waals surface area contributed by atoms with Crippen molar-refractivity contribution in [1.82, 2.24) is 14.8 Å². The number of pyridine rings is 1. The van der Waals surface area contributed by atoms with Crippen LogP contribution in [0.1, 0.15) is 32.9 Å². The molecule has 5 heteroatoms. The van der Waals surface area contributed by atoms with Gasteiger partial charge in [0, 0.05) is 11.4 Å². The first kappa shape index (κ1) is 17.9. The van der Waals surface area contributed by atoms with Crippen LogP contribution in [0, 0.1) is 20.8 Å². The number of aryl methyl sites for hydroxylation is 3. The molecule has 0 saturated carbocycles. The highest BCUT2D eigenvalue weighted by molar-refractivity contribution is 6.12. The molecule has 2 heterocycles. The third-order valence-electron chi connectivity index (χ3n) is 4.70. The Hall–Kier alpha value is -3.47. The SMILES string of the molecule is Cc1cccc(NC(=O)c2cc(C)nc3c2c(C)nn3Cc2ccccc2)c1. The second-order valence-corrected chi connectivity index (χ2v) is 7.06. The summed E-state index contributed by atoms with van der Waals surface area (Å²) in [7, 11) is 0. The fraction of sp³-hybridized carbons (Fsp3) is 0.174.